The van der Waals surface area contributed by atoms with Crippen molar-refractivity contribution in [3.8, 4) is 0 Å². The van der Waals surface area contributed by atoms with Gasteiger partial charge in [0, 0.05) is 15.8 Å². The zero-order valence-corrected chi connectivity index (χ0v) is 14.2. The second-order valence-electron chi connectivity index (χ2n) is 4.84. The monoisotopic (exact) mass is 394 g/mol. The van der Waals surface area contributed by atoms with Gasteiger partial charge in [-0.2, -0.15) is 0 Å². The average Bonchev–Trinajstić information content (AvgIpc) is 2.50. The number of nitrogens with zero attached hydrogens (tertiary/aromatic N) is 1. The van der Waals surface area contributed by atoms with Gasteiger partial charge in [0.2, 0.25) is 5.91 Å². The highest BCUT2D eigenvalue weighted by Gasteiger charge is 2.09. The molecule has 2 rings (SSSR count). The summed E-state index contributed by atoms with van der Waals surface area (Å²) in [6.07, 6.45) is 0. The lowest BCUT2D eigenvalue weighted by Crippen LogP contribution is -2.32. The molecule has 110 valence electrons. The lowest BCUT2D eigenvalue weighted by atomic mass is 10.2. The Morgan fingerprint density at radius 1 is 1.10 bits per heavy atom. The predicted octanol–water partition coefficient (Wildman–Crippen LogP) is 3.75. The molecule has 0 saturated heterocycles. The third-order valence-corrected chi connectivity index (χ3v) is 3.91. The minimum Gasteiger partial charge on any atom is -0.325 e. The summed E-state index contributed by atoms with van der Waals surface area (Å²) >= 11 is 2.25. The van der Waals surface area contributed by atoms with E-state index in [0.717, 1.165) is 22.3 Å². The molecule has 0 atom stereocenters. The second-order valence-corrected chi connectivity index (χ2v) is 6.09. The van der Waals surface area contributed by atoms with Crippen molar-refractivity contribution in [2.24, 2.45) is 0 Å². The molecule has 0 aliphatic rings. The number of hydrogen-bond acceptors (Lipinski definition) is 2. The summed E-state index contributed by atoms with van der Waals surface area (Å²) in [6.45, 7) is 4.10. The SMILES string of the molecule is CCN(CC(=O)Nc1ccc(I)cc1)Cc1ccccc1. The van der Waals surface area contributed by atoms with Crippen molar-refractivity contribution >= 4 is 34.2 Å². The highest BCUT2D eigenvalue weighted by molar-refractivity contribution is 14.1. The number of benzene rings is 2. The minimum absolute atomic E-state index is 0.0222. The van der Waals surface area contributed by atoms with Crippen LogP contribution in [-0.4, -0.2) is 23.9 Å². The molecule has 0 heterocycles. The standard InChI is InChI=1S/C17H19IN2O/c1-2-20(12-14-6-4-3-5-7-14)13-17(21)19-16-10-8-15(18)9-11-16/h3-11H,2,12-13H2,1H3,(H,19,21). The summed E-state index contributed by atoms with van der Waals surface area (Å²) in [5.74, 6) is 0.0222. The van der Waals surface area contributed by atoms with Gasteiger partial charge in [-0.3, -0.25) is 9.69 Å². The molecule has 0 fully saturated rings. The Morgan fingerprint density at radius 2 is 1.76 bits per heavy atom. The molecular formula is C17H19IN2O. The predicted molar refractivity (Wildman–Crippen MR) is 95.2 cm³/mol. The maximum Gasteiger partial charge on any atom is 0.238 e. The summed E-state index contributed by atoms with van der Waals surface area (Å²) in [5.41, 5.74) is 2.07. The van der Waals surface area contributed by atoms with E-state index in [2.05, 4.69) is 51.9 Å². The van der Waals surface area contributed by atoms with Crippen LogP contribution in [0.3, 0.4) is 0 Å². The first-order valence-corrected chi connectivity index (χ1v) is 8.07. The largest absolute Gasteiger partial charge is 0.325 e. The van der Waals surface area contributed by atoms with E-state index in [1.807, 2.05) is 42.5 Å². The Hall–Kier alpha value is -1.40. The van der Waals surface area contributed by atoms with Crippen LogP contribution in [0, 0.1) is 3.57 Å². The maximum absolute atomic E-state index is 12.1. The van der Waals surface area contributed by atoms with Gasteiger partial charge >= 0.3 is 0 Å². The molecule has 0 bridgehead atoms. The number of likely N-dealkylation sites (N-methyl/N-ethyl adjacent to an activating group) is 1. The quantitative estimate of drug-likeness (QED) is 0.757. The van der Waals surface area contributed by atoms with Crippen molar-refractivity contribution in [3.63, 3.8) is 0 Å². The van der Waals surface area contributed by atoms with E-state index in [1.54, 1.807) is 0 Å². The molecule has 0 aliphatic heterocycles. The van der Waals surface area contributed by atoms with Crippen LogP contribution in [0.25, 0.3) is 0 Å². The van der Waals surface area contributed by atoms with Gasteiger partial charge in [-0.1, -0.05) is 37.3 Å². The molecule has 0 unspecified atom stereocenters. The van der Waals surface area contributed by atoms with Gasteiger partial charge in [-0.25, -0.2) is 0 Å². The zero-order valence-electron chi connectivity index (χ0n) is 12.1. The van der Waals surface area contributed by atoms with E-state index in [9.17, 15) is 4.79 Å². The molecule has 2 aromatic rings. The van der Waals surface area contributed by atoms with Crippen molar-refractivity contribution in [2.75, 3.05) is 18.4 Å². The first-order chi connectivity index (χ1) is 10.2. The summed E-state index contributed by atoms with van der Waals surface area (Å²) in [4.78, 5) is 14.2. The van der Waals surface area contributed by atoms with Crippen LogP contribution < -0.4 is 5.32 Å². The maximum atomic E-state index is 12.1. The number of hydrogen-bond donors (Lipinski definition) is 1. The van der Waals surface area contributed by atoms with Gasteiger partial charge in [-0.15, -0.1) is 0 Å². The molecule has 2 aromatic carbocycles. The number of amides is 1. The summed E-state index contributed by atoms with van der Waals surface area (Å²) in [7, 11) is 0. The molecule has 0 aliphatic carbocycles. The Balaban J connectivity index is 1.89. The topological polar surface area (TPSA) is 32.3 Å². The van der Waals surface area contributed by atoms with E-state index in [-0.39, 0.29) is 5.91 Å². The normalized spacial score (nSPS) is 10.6. The molecule has 3 nitrogen and oxygen atoms in total. The Bertz CT molecular complexity index is 569. The van der Waals surface area contributed by atoms with E-state index in [4.69, 9.17) is 0 Å². The molecule has 1 amide bonds. The Labute approximate surface area is 139 Å². The van der Waals surface area contributed by atoms with Crippen LogP contribution in [0.5, 0.6) is 0 Å². The van der Waals surface area contributed by atoms with E-state index >= 15 is 0 Å². The number of nitrogens with one attached hydrogen (secondary N) is 1. The second kappa shape index (κ2) is 8.14. The summed E-state index contributed by atoms with van der Waals surface area (Å²) in [5, 5.41) is 2.94. The van der Waals surface area contributed by atoms with Crippen LogP contribution >= 0.6 is 22.6 Å². The van der Waals surface area contributed by atoms with Gasteiger partial charge in [0.15, 0.2) is 0 Å². The Kier molecular flexibility index (Phi) is 6.20. The summed E-state index contributed by atoms with van der Waals surface area (Å²) < 4.78 is 1.16. The van der Waals surface area contributed by atoms with Crippen molar-refractivity contribution in [2.45, 2.75) is 13.5 Å². The van der Waals surface area contributed by atoms with Crippen LogP contribution in [0.2, 0.25) is 0 Å². The van der Waals surface area contributed by atoms with E-state index in [0.29, 0.717) is 6.54 Å². The number of carbonyl (C=O) groups excluding carboxylic acids is 1. The number of carbonyl (C=O) groups is 1. The average molecular weight is 394 g/mol. The van der Waals surface area contributed by atoms with E-state index < -0.39 is 0 Å². The van der Waals surface area contributed by atoms with Crippen molar-refractivity contribution in [1.82, 2.24) is 4.90 Å². The van der Waals surface area contributed by atoms with E-state index in [1.165, 1.54) is 5.56 Å². The van der Waals surface area contributed by atoms with Gasteiger partial charge in [0.25, 0.3) is 0 Å². The van der Waals surface area contributed by atoms with Crippen LogP contribution in [0.4, 0.5) is 5.69 Å². The molecule has 1 N–H and O–H groups in total. The fourth-order valence-corrected chi connectivity index (χ4v) is 2.42. The van der Waals surface area contributed by atoms with Crippen LogP contribution in [0.15, 0.2) is 54.6 Å². The van der Waals surface area contributed by atoms with Crippen molar-refractivity contribution in [1.29, 1.82) is 0 Å². The molecule has 0 radical (unpaired) electrons. The minimum atomic E-state index is 0.0222. The number of anilines is 1. The van der Waals surface area contributed by atoms with Crippen molar-refractivity contribution in [3.05, 3.63) is 63.7 Å². The third-order valence-electron chi connectivity index (χ3n) is 3.19. The van der Waals surface area contributed by atoms with Crippen LogP contribution in [-0.2, 0) is 11.3 Å². The molecular weight excluding hydrogens is 375 g/mol. The smallest absolute Gasteiger partial charge is 0.238 e. The molecule has 0 spiro atoms. The molecule has 21 heavy (non-hydrogen) atoms. The Morgan fingerprint density at radius 3 is 2.38 bits per heavy atom. The lowest BCUT2D eigenvalue weighted by molar-refractivity contribution is -0.117. The first kappa shape index (κ1) is 16.0. The van der Waals surface area contributed by atoms with Gasteiger partial charge < -0.3 is 5.32 Å². The zero-order chi connectivity index (χ0) is 15.1. The lowest BCUT2D eigenvalue weighted by Gasteiger charge is -2.20. The summed E-state index contributed by atoms with van der Waals surface area (Å²) in [6, 6.07) is 18.0. The third kappa shape index (κ3) is 5.47. The van der Waals surface area contributed by atoms with Crippen molar-refractivity contribution < 1.29 is 4.79 Å². The highest BCUT2D eigenvalue weighted by Crippen LogP contribution is 2.11. The highest BCUT2D eigenvalue weighted by atomic mass is 127. The van der Waals surface area contributed by atoms with Crippen LogP contribution in [0.1, 0.15) is 12.5 Å². The fraction of sp³-hybridized carbons (Fsp3) is 0.235. The number of halogens is 1. The fourth-order valence-electron chi connectivity index (χ4n) is 2.06. The molecule has 0 aromatic heterocycles. The van der Waals surface area contributed by atoms with Gasteiger partial charge in [0.05, 0.1) is 6.54 Å². The first-order valence-electron chi connectivity index (χ1n) is 6.99. The number of rotatable bonds is 6. The molecule has 4 heteroatoms. The molecule has 0 saturated carbocycles. The van der Waals surface area contributed by atoms with Gasteiger partial charge in [-0.05, 0) is 59.0 Å². The van der Waals surface area contributed by atoms with Gasteiger partial charge in [0.1, 0.15) is 0 Å².